The number of hydrogen-bond donors (Lipinski definition) is 1. The molecule has 1 atom stereocenters. The van der Waals surface area contributed by atoms with Crippen LogP contribution >= 0.6 is 0 Å². The van der Waals surface area contributed by atoms with Crippen molar-refractivity contribution in [2.24, 2.45) is 5.40 Å². The average molecular weight is 330 g/mol. The van der Waals surface area contributed by atoms with Gasteiger partial charge in [0.05, 0.1) is 0 Å². The predicted molar refractivity (Wildman–Crippen MR) is 86.0 cm³/mol. The van der Waals surface area contributed by atoms with E-state index in [9.17, 15) is 8.78 Å². The normalized spacial score (nSPS) is 12.5. The smallest absolute Gasteiger partial charge is 0.140 e. The Kier molecular flexibility index (Phi) is 4.59. The van der Waals surface area contributed by atoms with Crippen LogP contribution in [0.15, 0.2) is 61.2 Å². The summed E-state index contributed by atoms with van der Waals surface area (Å²) in [6.07, 6.45) is 3.67. The second-order valence-electron chi connectivity index (χ2n) is 5.36. The van der Waals surface area contributed by atoms with Crippen molar-refractivity contribution in [3.05, 3.63) is 83.9 Å². The Bertz CT molecular complexity index is 699. The minimum Gasteiger partial charge on any atom is -0.351 e. The molecule has 3 rings (SSSR count). The SMILES string of the molecule is N[SiH](Cn1cncn1)C(c1ccc(F)cc1)c1ccc(F)cc1. The van der Waals surface area contributed by atoms with Gasteiger partial charge in [-0.25, -0.2) is 13.8 Å². The van der Waals surface area contributed by atoms with E-state index in [2.05, 4.69) is 10.1 Å². The van der Waals surface area contributed by atoms with Gasteiger partial charge in [0, 0.05) is 11.7 Å². The van der Waals surface area contributed by atoms with Crippen molar-refractivity contribution in [1.82, 2.24) is 14.8 Å². The highest BCUT2D eigenvalue weighted by Gasteiger charge is 2.24. The molecule has 1 aromatic heterocycles. The molecule has 1 unspecified atom stereocenters. The summed E-state index contributed by atoms with van der Waals surface area (Å²) in [4.78, 5) is 3.92. The Morgan fingerprint density at radius 2 is 1.48 bits per heavy atom. The molecule has 0 amide bonds. The molecular weight excluding hydrogens is 314 g/mol. The summed E-state index contributed by atoms with van der Waals surface area (Å²) in [6, 6.07) is 12.6. The van der Waals surface area contributed by atoms with Crippen molar-refractivity contribution in [3.63, 3.8) is 0 Å². The summed E-state index contributed by atoms with van der Waals surface area (Å²) >= 11 is 0. The Morgan fingerprint density at radius 3 is 1.91 bits per heavy atom. The van der Waals surface area contributed by atoms with Crippen LogP contribution in [0.2, 0.25) is 0 Å². The quantitative estimate of drug-likeness (QED) is 0.729. The topological polar surface area (TPSA) is 56.7 Å². The van der Waals surface area contributed by atoms with Gasteiger partial charge >= 0.3 is 0 Å². The first-order valence-electron chi connectivity index (χ1n) is 7.22. The molecule has 2 N–H and O–H groups in total. The third-order valence-corrected chi connectivity index (χ3v) is 6.17. The summed E-state index contributed by atoms with van der Waals surface area (Å²) in [5.74, 6) is -0.587. The number of hydrogen-bond acceptors (Lipinski definition) is 3. The average Bonchev–Trinajstić information content (AvgIpc) is 3.04. The van der Waals surface area contributed by atoms with Crippen LogP contribution in [0.25, 0.3) is 0 Å². The minimum atomic E-state index is -1.88. The Balaban J connectivity index is 1.95. The van der Waals surface area contributed by atoms with Crippen molar-refractivity contribution in [1.29, 1.82) is 0 Å². The standard InChI is InChI=1S/C16H16F2N4Si/c17-14-5-1-12(2-6-14)16(13-3-7-15(18)8-4-13)23(19)11-22-10-20-9-21-22/h1-10,16,23H,11,19H2. The lowest BCUT2D eigenvalue weighted by Gasteiger charge is -2.23. The lowest BCUT2D eigenvalue weighted by atomic mass is 10.0. The van der Waals surface area contributed by atoms with Crippen LogP contribution in [0, 0.1) is 11.6 Å². The molecule has 2 aromatic carbocycles. The van der Waals surface area contributed by atoms with E-state index in [4.69, 9.17) is 5.40 Å². The number of aromatic nitrogens is 3. The molecule has 7 heteroatoms. The zero-order valence-corrected chi connectivity index (χ0v) is 13.5. The highest BCUT2D eigenvalue weighted by molar-refractivity contribution is 6.56. The fourth-order valence-electron chi connectivity index (χ4n) is 2.68. The molecule has 0 saturated carbocycles. The first-order valence-corrected chi connectivity index (χ1v) is 9.37. The maximum Gasteiger partial charge on any atom is 0.140 e. The van der Waals surface area contributed by atoms with Crippen molar-refractivity contribution in [3.8, 4) is 0 Å². The first-order chi connectivity index (χ1) is 11.1. The van der Waals surface area contributed by atoms with Gasteiger partial charge < -0.3 is 5.40 Å². The van der Waals surface area contributed by atoms with Crippen LogP contribution in [0.5, 0.6) is 0 Å². The molecule has 23 heavy (non-hydrogen) atoms. The third-order valence-electron chi connectivity index (χ3n) is 3.75. The third kappa shape index (κ3) is 3.69. The van der Waals surface area contributed by atoms with Gasteiger partial charge in [0.2, 0.25) is 0 Å². The Hall–Kier alpha value is -2.38. The lowest BCUT2D eigenvalue weighted by molar-refractivity contribution is 0.626. The zero-order chi connectivity index (χ0) is 16.2. The second-order valence-corrected chi connectivity index (χ2v) is 7.72. The van der Waals surface area contributed by atoms with Gasteiger partial charge in [-0.2, -0.15) is 5.10 Å². The van der Waals surface area contributed by atoms with Crippen LogP contribution in [-0.4, -0.2) is 23.7 Å². The summed E-state index contributed by atoms with van der Waals surface area (Å²) < 4.78 is 28.1. The van der Waals surface area contributed by atoms with E-state index < -0.39 is 8.96 Å². The van der Waals surface area contributed by atoms with Crippen molar-refractivity contribution >= 4 is 8.96 Å². The van der Waals surface area contributed by atoms with E-state index in [0.29, 0.717) is 6.17 Å². The molecule has 0 spiro atoms. The van der Waals surface area contributed by atoms with Crippen molar-refractivity contribution in [2.45, 2.75) is 11.7 Å². The molecular formula is C16H16F2N4Si. The summed E-state index contributed by atoms with van der Waals surface area (Å²) in [5.41, 5.74) is 1.79. The highest BCUT2D eigenvalue weighted by atomic mass is 28.3. The molecule has 0 aliphatic carbocycles. The fourth-order valence-corrected chi connectivity index (χ4v) is 4.94. The van der Waals surface area contributed by atoms with Crippen LogP contribution in [0.3, 0.4) is 0 Å². The summed E-state index contributed by atoms with van der Waals surface area (Å²) in [6.45, 7) is 0. The predicted octanol–water partition coefficient (Wildman–Crippen LogP) is 2.15. The molecule has 0 saturated heterocycles. The van der Waals surface area contributed by atoms with Gasteiger partial charge in [-0.05, 0) is 35.4 Å². The van der Waals surface area contributed by atoms with Crippen LogP contribution in [0.4, 0.5) is 8.78 Å². The number of benzene rings is 2. The van der Waals surface area contributed by atoms with Gasteiger partial charge in [-0.3, -0.25) is 4.68 Å². The zero-order valence-electron chi connectivity index (χ0n) is 12.3. The Labute approximate surface area is 134 Å². The van der Waals surface area contributed by atoms with Crippen molar-refractivity contribution in [2.75, 3.05) is 0 Å². The van der Waals surface area contributed by atoms with E-state index >= 15 is 0 Å². The number of rotatable bonds is 5. The largest absolute Gasteiger partial charge is 0.351 e. The first kappa shape index (κ1) is 15.5. The summed E-state index contributed by atoms with van der Waals surface area (Å²) in [5, 5.41) is 10.6. The van der Waals surface area contributed by atoms with Gasteiger partial charge in [0.1, 0.15) is 33.2 Å². The molecule has 3 aromatic rings. The number of nitrogens with two attached hydrogens (primary N) is 1. The van der Waals surface area contributed by atoms with Crippen molar-refractivity contribution < 1.29 is 8.78 Å². The van der Waals surface area contributed by atoms with E-state index in [-0.39, 0.29) is 17.2 Å². The molecule has 118 valence electrons. The second kappa shape index (κ2) is 6.80. The Morgan fingerprint density at radius 1 is 0.957 bits per heavy atom. The van der Waals surface area contributed by atoms with Gasteiger partial charge in [0.25, 0.3) is 0 Å². The van der Waals surface area contributed by atoms with Gasteiger partial charge in [-0.1, -0.05) is 24.3 Å². The van der Waals surface area contributed by atoms with E-state index in [1.165, 1.54) is 30.6 Å². The molecule has 0 fully saturated rings. The molecule has 0 aliphatic rings. The van der Waals surface area contributed by atoms with Gasteiger partial charge in [0.15, 0.2) is 0 Å². The van der Waals surface area contributed by atoms with E-state index in [0.717, 1.165) is 11.1 Å². The van der Waals surface area contributed by atoms with E-state index in [1.54, 1.807) is 35.3 Å². The molecule has 0 bridgehead atoms. The monoisotopic (exact) mass is 330 g/mol. The van der Waals surface area contributed by atoms with Gasteiger partial charge in [-0.15, -0.1) is 0 Å². The summed E-state index contributed by atoms with van der Waals surface area (Å²) in [7, 11) is -1.88. The van der Waals surface area contributed by atoms with Crippen LogP contribution in [0.1, 0.15) is 16.7 Å². The molecule has 1 heterocycles. The van der Waals surface area contributed by atoms with Crippen LogP contribution < -0.4 is 5.40 Å². The lowest BCUT2D eigenvalue weighted by Crippen LogP contribution is -2.39. The highest BCUT2D eigenvalue weighted by Crippen LogP contribution is 2.26. The molecule has 0 aliphatic heterocycles. The number of halogens is 2. The maximum absolute atomic E-state index is 13.2. The minimum absolute atomic E-state index is 0.0691. The molecule has 4 nitrogen and oxygen atoms in total. The number of nitrogens with zero attached hydrogens (tertiary/aromatic N) is 3. The maximum atomic E-state index is 13.2. The van der Waals surface area contributed by atoms with E-state index in [1.807, 2.05) is 0 Å². The fraction of sp³-hybridized carbons (Fsp3) is 0.125. The molecule has 0 radical (unpaired) electrons. The van der Waals surface area contributed by atoms with Crippen LogP contribution in [-0.2, 0) is 6.17 Å².